The lowest BCUT2D eigenvalue weighted by Gasteiger charge is -2.21. The summed E-state index contributed by atoms with van der Waals surface area (Å²) < 4.78 is 11.1. The molecule has 2 aliphatic heterocycles. The number of carbonyl (C=O) groups is 3. The van der Waals surface area contributed by atoms with Gasteiger partial charge < -0.3 is 20.1 Å². The first-order valence-electron chi connectivity index (χ1n) is 9.81. The third-order valence-corrected chi connectivity index (χ3v) is 5.71. The summed E-state index contributed by atoms with van der Waals surface area (Å²) in [7, 11) is 0. The number of nitrogens with zero attached hydrogens (tertiary/aromatic N) is 1. The van der Waals surface area contributed by atoms with Crippen LogP contribution in [0.15, 0.2) is 18.2 Å². The Morgan fingerprint density at radius 1 is 1.21 bits per heavy atom. The molecule has 0 radical (unpaired) electrons. The van der Waals surface area contributed by atoms with E-state index in [-0.39, 0.29) is 36.9 Å². The number of urea groups is 1. The summed E-state index contributed by atoms with van der Waals surface area (Å²) in [4.78, 5) is 38.3. The highest BCUT2D eigenvalue weighted by atomic mass is 16.6. The fourth-order valence-corrected chi connectivity index (χ4v) is 4.14. The molecule has 0 bridgehead atoms. The van der Waals surface area contributed by atoms with Crippen molar-refractivity contribution >= 4 is 17.8 Å². The molecule has 1 spiro atoms. The van der Waals surface area contributed by atoms with E-state index < -0.39 is 5.54 Å². The topological polar surface area (TPSA) is 97.0 Å². The molecular formula is C20H25N3O5. The second-order valence-corrected chi connectivity index (χ2v) is 7.62. The third kappa shape index (κ3) is 3.39. The number of ether oxygens (including phenoxy) is 2. The second-order valence-electron chi connectivity index (χ2n) is 7.62. The molecule has 2 fully saturated rings. The third-order valence-electron chi connectivity index (χ3n) is 5.71. The molecule has 1 aromatic carbocycles. The highest BCUT2D eigenvalue weighted by Crippen LogP contribution is 2.35. The number of imide groups is 1. The van der Waals surface area contributed by atoms with Gasteiger partial charge in [-0.3, -0.25) is 14.5 Å². The highest BCUT2D eigenvalue weighted by Gasteiger charge is 2.52. The Morgan fingerprint density at radius 2 is 1.93 bits per heavy atom. The van der Waals surface area contributed by atoms with Crippen LogP contribution in [0.4, 0.5) is 4.79 Å². The molecule has 1 aliphatic carbocycles. The lowest BCUT2D eigenvalue weighted by molar-refractivity contribution is -0.131. The molecule has 1 saturated heterocycles. The number of nitrogens with one attached hydrogen (secondary N) is 2. The molecule has 8 nitrogen and oxygen atoms in total. The summed E-state index contributed by atoms with van der Waals surface area (Å²) in [5, 5.41) is 5.74. The first kappa shape index (κ1) is 18.6. The molecule has 4 amide bonds. The lowest BCUT2D eigenvalue weighted by atomic mass is 9.98. The van der Waals surface area contributed by atoms with Crippen LogP contribution in [0.25, 0.3) is 0 Å². The van der Waals surface area contributed by atoms with Gasteiger partial charge >= 0.3 is 6.03 Å². The van der Waals surface area contributed by atoms with Gasteiger partial charge in [-0.15, -0.1) is 0 Å². The number of rotatable bonds is 5. The molecule has 150 valence electrons. The van der Waals surface area contributed by atoms with Crippen LogP contribution in [0.3, 0.4) is 0 Å². The van der Waals surface area contributed by atoms with Crippen LogP contribution in [-0.4, -0.2) is 48.0 Å². The standard InChI is InChI=1S/C20H25N3O5/c1-13(14-4-5-15-16(12-14)28-11-10-27-15)21-17(24)6-9-23-18(25)20(22-19(23)26)7-2-3-8-20/h4-5,12-13H,2-3,6-11H2,1H3,(H,21,24)(H,22,26)/t13-/m1/s1. The quantitative estimate of drug-likeness (QED) is 0.752. The van der Waals surface area contributed by atoms with Crippen LogP contribution in [0.5, 0.6) is 11.5 Å². The second kappa shape index (κ2) is 7.33. The summed E-state index contributed by atoms with van der Waals surface area (Å²) in [5.41, 5.74) is 0.170. The van der Waals surface area contributed by atoms with Crippen LogP contribution in [0.2, 0.25) is 0 Å². The van der Waals surface area contributed by atoms with E-state index in [1.165, 1.54) is 4.90 Å². The Balaban J connectivity index is 1.32. The molecule has 0 unspecified atom stereocenters. The maximum Gasteiger partial charge on any atom is 0.325 e. The Kier molecular flexibility index (Phi) is 4.87. The number of carbonyl (C=O) groups excluding carboxylic acids is 3. The Morgan fingerprint density at radius 3 is 2.68 bits per heavy atom. The van der Waals surface area contributed by atoms with Gasteiger partial charge in [-0.25, -0.2) is 4.79 Å². The van der Waals surface area contributed by atoms with Gasteiger partial charge in [-0.2, -0.15) is 0 Å². The van der Waals surface area contributed by atoms with Crippen LogP contribution in [0, 0.1) is 0 Å². The number of amides is 4. The van der Waals surface area contributed by atoms with E-state index in [9.17, 15) is 14.4 Å². The van der Waals surface area contributed by atoms with Gasteiger partial charge in [0.1, 0.15) is 18.8 Å². The molecule has 4 rings (SSSR count). The van der Waals surface area contributed by atoms with Crippen LogP contribution in [0.1, 0.15) is 50.6 Å². The monoisotopic (exact) mass is 387 g/mol. The number of benzene rings is 1. The van der Waals surface area contributed by atoms with Crippen molar-refractivity contribution < 1.29 is 23.9 Å². The summed E-state index contributed by atoms with van der Waals surface area (Å²) >= 11 is 0. The normalized spacial score (nSPS) is 21.0. The van der Waals surface area contributed by atoms with Crippen molar-refractivity contribution in [2.24, 2.45) is 0 Å². The van der Waals surface area contributed by atoms with E-state index in [1.807, 2.05) is 25.1 Å². The van der Waals surface area contributed by atoms with Gasteiger partial charge in [0, 0.05) is 13.0 Å². The predicted molar refractivity (Wildman–Crippen MR) is 100 cm³/mol. The minimum Gasteiger partial charge on any atom is -0.486 e. The maximum atomic E-state index is 12.6. The molecule has 0 aromatic heterocycles. The van der Waals surface area contributed by atoms with Crippen molar-refractivity contribution in [1.82, 2.24) is 15.5 Å². The summed E-state index contributed by atoms with van der Waals surface area (Å²) in [6, 6.07) is 4.97. The van der Waals surface area contributed by atoms with Gasteiger partial charge in [0.15, 0.2) is 11.5 Å². The van der Waals surface area contributed by atoms with E-state index >= 15 is 0 Å². The molecule has 28 heavy (non-hydrogen) atoms. The fourth-order valence-electron chi connectivity index (χ4n) is 4.14. The van der Waals surface area contributed by atoms with E-state index in [0.717, 1.165) is 18.4 Å². The van der Waals surface area contributed by atoms with Crippen molar-refractivity contribution in [2.75, 3.05) is 19.8 Å². The van der Waals surface area contributed by atoms with E-state index in [1.54, 1.807) is 0 Å². The van der Waals surface area contributed by atoms with E-state index in [0.29, 0.717) is 37.6 Å². The number of fused-ring (bicyclic) bond motifs is 1. The maximum absolute atomic E-state index is 12.6. The number of hydrogen-bond donors (Lipinski definition) is 2. The van der Waals surface area contributed by atoms with Crippen LogP contribution >= 0.6 is 0 Å². The minimum atomic E-state index is -0.730. The van der Waals surface area contributed by atoms with Gasteiger partial charge in [-0.05, 0) is 37.5 Å². The first-order valence-corrected chi connectivity index (χ1v) is 9.81. The van der Waals surface area contributed by atoms with Gasteiger partial charge in [0.2, 0.25) is 5.91 Å². The predicted octanol–water partition coefficient (Wildman–Crippen LogP) is 1.89. The average Bonchev–Trinajstić information content (AvgIpc) is 3.25. The van der Waals surface area contributed by atoms with E-state index in [2.05, 4.69) is 10.6 Å². The van der Waals surface area contributed by atoms with Crippen molar-refractivity contribution in [2.45, 2.75) is 50.6 Å². The number of hydrogen-bond acceptors (Lipinski definition) is 5. The largest absolute Gasteiger partial charge is 0.486 e. The Labute approximate surface area is 163 Å². The van der Waals surface area contributed by atoms with E-state index in [4.69, 9.17) is 9.47 Å². The Bertz CT molecular complexity index is 803. The summed E-state index contributed by atoms with van der Waals surface area (Å²) in [5.74, 6) is 0.969. The van der Waals surface area contributed by atoms with Crippen molar-refractivity contribution in [3.63, 3.8) is 0 Å². The van der Waals surface area contributed by atoms with Crippen molar-refractivity contribution in [1.29, 1.82) is 0 Å². The van der Waals surface area contributed by atoms with Crippen LogP contribution in [-0.2, 0) is 9.59 Å². The van der Waals surface area contributed by atoms with Crippen molar-refractivity contribution in [3.8, 4) is 11.5 Å². The van der Waals surface area contributed by atoms with Crippen LogP contribution < -0.4 is 20.1 Å². The fraction of sp³-hybridized carbons (Fsp3) is 0.550. The van der Waals surface area contributed by atoms with Gasteiger partial charge in [0.05, 0.1) is 6.04 Å². The molecule has 1 saturated carbocycles. The molecule has 2 heterocycles. The smallest absolute Gasteiger partial charge is 0.325 e. The highest BCUT2D eigenvalue weighted by molar-refractivity contribution is 6.07. The first-order chi connectivity index (χ1) is 13.5. The molecule has 1 atom stereocenters. The molecule has 8 heteroatoms. The zero-order chi connectivity index (χ0) is 19.7. The zero-order valence-corrected chi connectivity index (χ0v) is 16.0. The van der Waals surface area contributed by atoms with Gasteiger partial charge in [-0.1, -0.05) is 18.9 Å². The molecule has 1 aromatic rings. The molecule has 3 aliphatic rings. The summed E-state index contributed by atoms with van der Waals surface area (Å²) in [6.07, 6.45) is 3.31. The average molecular weight is 387 g/mol. The van der Waals surface area contributed by atoms with Gasteiger partial charge in [0.25, 0.3) is 5.91 Å². The Hall–Kier alpha value is -2.77. The minimum absolute atomic E-state index is 0.0735. The summed E-state index contributed by atoms with van der Waals surface area (Å²) in [6.45, 7) is 3.00. The zero-order valence-electron chi connectivity index (χ0n) is 16.0. The molecular weight excluding hydrogens is 362 g/mol. The lowest BCUT2D eigenvalue weighted by Crippen LogP contribution is -2.44. The van der Waals surface area contributed by atoms with Crippen molar-refractivity contribution in [3.05, 3.63) is 23.8 Å². The molecule has 2 N–H and O–H groups in total. The SMILES string of the molecule is C[C@@H](NC(=O)CCN1C(=O)NC2(CCCC2)C1=O)c1ccc2c(c1)OCCO2.